The Labute approximate surface area is 101 Å². The summed E-state index contributed by atoms with van der Waals surface area (Å²) in [7, 11) is 0. The van der Waals surface area contributed by atoms with E-state index in [2.05, 4.69) is 17.1 Å². The Bertz CT molecular complexity index is 183. The molecule has 0 aromatic rings. The van der Waals surface area contributed by atoms with Crippen molar-refractivity contribution in [1.29, 1.82) is 0 Å². The number of hydrogen-bond acceptors (Lipinski definition) is 2. The van der Waals surface area contributed by atoms with Crippen LogP contribution in [0.5, 0.6) is 0 Å². The zero-order chi connectivity index (χ0) is 11.2. The molecule has 0 bridgehead atoms. The molecule has 1 saturated carbocycles. The van der Waals surface area contributed by atoms with Gasteiger partial charge in [-0.15, -0.1) is 0 Å². The monoisotopic (exact) mass is 224 g/mol. The van der Waals surface area contributed by atoms with Gasteiger partial charge in [0.1, 0.15) is 0 Å². The van der Waals surface area contributed by atoms with Crippen molar-refractivity contribution in [3.05, 3.63) is 0 Å². The van der Waals surface area contributed by atoms with Crippen LogP contribution in [-0.2, 0) is 0 Å². The van der Waals surface area contributed by atoms with E-state index in [1.807, 2.05) is 0 Å². The number of rotatable bonds is 7. The van der Waals surface area contributed by atoms with Crippen molar-refractivity contribution in [2.24, 2.45) is 11.8 Å². The Balaban J connectivity index is 1.54. The molecule has 2 rings (SSSR count). The van der Waals surface area contributed by atoms with E-state index in [1.54, 1.807) is 0 Å². The highest BCUT2D eigenvalue weighted by Crippen LogP contribution is 2.29. The SMILES string of the molecule is CCN(CCCC1CCCNC1)CC1CC1. The molecule has 0 spiro atoms. The molecule has 0 aromatic heterocycles. The molecule has 2 heteroatoms. The summed E-state index contributed by atoms with van der Waals surface area (Å²) < 4.78 is 0. The quantitative estimate of drug-likeness (QED) is 0.715. The predicted octanol–water partition coefficient (Wildman–Crippen LogP) is 2.50. The van der Waals surface area contributed by atoms with E-state index in [1.165, 1.54) is 71.2 Å². The molecule has 1 aliphatic carbocycles. The second-order valence-corrected chi connectivity index (χ2v) is 5.69. The van der Waals surface area contributed by atoms with Crippen LogP contribution in [0.1, 0.15) is 45.4 Å². The third-order valence-corrected chi connectivity index (χ3v) is 4.15. The van der Waals surface area contributed by atoms with Crippen LogP contribution in [0, 0.1) is 11.8 Å². The van der Waals surface area contributed by atoms with Crippen molar-refractivity contribution in [2.45, 2.75) is 45.4 Å². The molecule has 2 fully saturated rings. The van der Waals surface area contributed by atoms with Gasteiger partial charge in [-0.05, 0) is 76.5 Å². The van der Waals surface area contributed by atoms with Crippen molar-refractivity contribution >= 4 is 0 Å². The Morgan fingerprint density at radius 2 is 2.06 bits per heavy atom. The minimum Gasteiger partial charge on any atom is -0.316 e. The standard InChI is InChI=1S/C14H28N2/c1-2-16(12-14-7-8-14)10-4-6-13-5-3-9-15-11-13/h13-15H,2-12H2,1H3. The summed E-state index contributed by atoms with van der Waals surface area (Å²) in [4.78, 5) is 2.66. The molecule has 1 unspecified atom stereocenters. The van der Waals surface area contributed by atoms with Gasteiger partial charge in [0.2, 0.25) is 0 Å². The molecule has 0 aromatic carbocycles. The summed E-state index contributed by atoms with van der Waals surface area (Å²) in [6.07, 6.45) is 8.68. The lowest BCUT2D eigenvalue weighted by molar-refractivity contribution is 0.254. The summed E-state index contributed by atoms with van der Waals surface area (Å²) in [6, 6.07) is 0. The first kappa shape index (κ1) is 12.4. The zero-order valence-corrected chi connectivity index (χ0v) is 10.9. The summed E-state index contributed by atoms with van der Waals surface area (Å²) in [5.41, 5.74) is 0. The van der Waals surface area contributed by atoms with Crippen molar-refractivity contribution in [3.63, 3.8) is 0 Å². The lowest BCUT2D eigenvalue weighted by atomic mass is 9.94. The fraction of sp³-hybridized carbons (Fsp3) is 1.00. The van der Waals surface area contributed by atoms with Crippen molar-refractivity contribution in [2.75, 3.05) is 32.7 Å². The number of nitrogens with zero attached hydrogens (tertiary/aromatic N) is 1. The summed E-state index contributed by atoms with van der Waals surface area (Å²) in [5, 5.41) is 3.52. The highest BCUT2D eigenvalue weighted by molar-refractivity contribution is 4.77. The minimum absolute atomic E-state index is 0.966. The smallest absolute Gasteiger partial charge is 0.000954 e. The molecule has 1 heterocycles. The van der Waals surface area contributed by atoms with E-state index < -0.39 is 0 Å². The van der Waals surface area contributed by atoms with Crippen LogP contribution in [0.25, 0.3) is 0 Å². The Morgan fingerprint density at radius 3 is 2.69 bits per heavy atom. The van der Waals surface area contributed by atoms with Crippen LogP contribution in [0.4, 0.5) is 0 Å². The molecule has 1 N–H and O–H groups in total. The average Bonchev–Trinajstić information content (AvgIpc) is 3.13. The second kappa shape index (κ2) is 6.61. The average molecular weight is 224 g/mol. The first-order chi connectivity index (χ1) is 7.88. The molecule has 2 nitrogen and oxygen atoms in total. The Morgan fingerprint density at radius 1 is 1.19 bits per heavy atom. The molecular weight excluding hydrogens is 196 g/mol. The van der Waals surface area contributed by atoms with Crippen LogP contribution in [0.3, 0.4) is 0 Å². The topological polar surface area (TPSA) is 15.3 Å². The molecule has 2 aliphatic rings. The maximum atomic E-state index is 3.52. The minimum atomic E-state index is 0.966. The van der Waals surface area contributed by atoms with Crippen LogP contribution >= 0.6 is 0 Å². The number of piperidine rings is 1. The van der Waals surface area contributed by atoms with E-state index in [4.69, 9.17) is 0 Å². The molecule has 0 radical (unpaired) electrons. The van der Waals surface area contributed by atoms with Gasteiger partial charge in [-0.2, -0.15) is 0 Å². The third-order valence-electron chi connectivity index (χ3n) is 4.15. The predicted molar refractivity (Wildman–Crippen MR) is 69.7 cm³/mol. The van der Waals surface area contributed by atoms with Gasteiger partial charge in [-0.25, -0.2) is 0 Å². The van der Waals surface area contributed by atoms with E-state index in [0.29, 0.717) is 0 Å². The first-order valence-corrected chi connectivity index (χ1v) is 7.31. The first-order valence-electron chi connectivity index (χ1n) is 7.31. The normalized spacial score (nSPS) is 26.2. The van der Waals surface area contributed by atoms with Crippen LogP contribution < -0.4 is 5.32 Å². The highest BCUT2D eigenvalue weighted by Gasteiger charge is 2.23. The summed E-state index contributed by atoms with van der Waals surface area (Å²) in [5.74, 6) is 2.02. The van der Waals surface area contributed by atoms with E-state index >= 15 is 0 Å². The molecule has 1 saturated heterocycles. The fourth-order valence-corrected chi connectivity index (χ4v) is 2.82. The summed E-state index contributed by atoms with van der Waals surface area (Å²) >= 11 is 0. The number of hydrogen-bond donors (Lipinski definition) is 1. The number of nitrogens with one attached hydrogen (secondary N) is 1. The van der Waals surface area contributed by atoms with Gasteiger partial charge in [-0.3, -0.25) is 0 Å². The van der Waals surface area contributed by atoms with E-state index in [9.17, 15) is 0 Å². The van der Waals surface area contributed by atoms with Crippen LogP contribution in [0.15, 0.2) is 0 Å². The molecule has 1 atom stereocenters. The molecule has 1 aliphatic heterocycles. The largest absolute Gasteiger partial charge is 0.316 e. The van der Waals surface area contributed by atoms with Gasteiger partial charge >= 0.3 is 0 Å². The lowest BCUT2D eigenvalue weighted by Gasteiger charge is -2.25. The molecule has 0 amide bonds. The van der Waals surface area contributed by atoms with Crippen LogP contribution in [0.2, 0.25) is 0 Å². The van der Waals surface area contributed by atoms with Crippen molar-refractivity contribution < 1.29 is 0 Å². The van der Waals surface area contributed by atoms with E-state index in [-0.39, 0.29) is 0 Å². The zero-order valence-electron chi connectivity index (χ0n) is 10.9. The Hall–Kier alpha value is -0.0800. The van der Waals surface area contributed by atoms with Gasteiger partial charge in [0.05, 0.1) is 0 Å². The molecule has 16 heavy (non-hydrogen) atoms. The third kappa shape index (κ3) is 4.42. The van der Waals surface area contributed by atoms with Gasteiger partial charge < -0.3 is 10.2 Å². The van der Waals surface area contributed by atoms with Gasteiger partial charge in [0.15, 0.2) is 0 Å². The van der Waals surface area contributed by atoms with E-state index in [0.717, 1.165) is 11.8 Å². The molecular formula is C14H28N2. The van der Waals surface area contributed by atoms with Gasteiger partial charge in [-0.1, -0.05) is 6.92 Å². The van der Waals surface area contributed by atoms with Gasteiger partial charge in [0, 0.05) is 6.54 Å². The summed E-state index contributed by atoms with van der Waals surface area (Å²) in [6.45, 7) is 8.79. The second-order valence-electron chi connectivity index (χ2n) is 5.69. The van der Waals surface area contributed by atoms with Gasteiger partial charge in [0.25, 0.3) is 0 Å². The Kier molecular flexibility index (Phi) is 5.11. The fourth-order valence-electron chi connectivity index (χ4n) is 2.82. The maximum absolute atomic E-state index is 3.52. The molecule has 94 valence electrons. The highest BCUT2D eigenvalue weighted by atomic mass is 15.1. The maximum Gasteiger partial charge on any atom is 0.000954 e. The van der Waals surface area contributed by atoms with Crippen molar-refractivity contribution in [1.82, 2.24) is 10.2 Å². The lowest BCUT2D eigenvalue weighted by Crippen LogP contribution is -2.31. The van der Waals surface area contributed by atoms with Crippen LogP contribution in [-0.4, -0.2) is 37.6 Å². The van der Waals surface area contributed by atoms with Crippen molar-refractivity contribution in [3.8, 4) is 0 Å².